The molecule has 1 heterocycles. The average molecular weight is 295 g/mol. The van der Waals surface area contributed by atoms with E-state index in [1.807, 2.05) is 0 Å². The number of carbonyl (C=O) groups excluding carboxylic acids is 1. The van der Waals surface area contributed by atoms with Gasteiger partial charge in [-0.1, -0.05) is 19.3 Å². The molecular formula is C14H21N3O4. The van der Waals surface area contributed by atoms with Crippen LogP contribution < -0.4 is 5.32 Å². The highest BCUT2D eigenvalue weighted by atomic mass is 16.4. The summed E-state index contributed by atoms with van der Waals surface area (Å²) in [5.41, 5.74) is -0.820. The average Bonchev–Trinajstić information content (AvgIpc) is 2.95. The third-order valence-electron chi connectivity index (χ3n) is 3.93. The van der Waals surface area contributed by atoms with Crippen molar-refractivity contribution in [2.45, 2.75) is 50.5 Å². The minimum Gasteiger partial charge on any atom is -0.479 e. The summed E-state index contributed by atoms with van der Waals surface area (Å²) in [7, 11) is 0. The first-order valence-corrected chi connectivity index (χ1v) is 7.19. The van der Waals surface area contributed by atoms with E-state index in [0.717, 1.165) is 25.5 Å². The fourth-order valence-corrected chi connectivity index (χ4v) is 2.49. The van der Waals surface area contributed by atoms with E-state index in [1.54, 1.807) is 6.07 Å². The Bertz CT molecular complexity index is 518. The SMILES string of the molecule is CC(O)(CNC(=O)c1cc(C2CCCCC2)[nH]n1)C(=O)O. The van der Waals surface area contributed by atoms with Crippen LogP contribution in [0.2, 0.25) is 0 Å². The number of nitrogens with one attached hydrogen (secondary N) is 2. The van der Waals surface area contributed by atoms with Crippen LogP contribution in [0.25, 0.3) is 0 Å². The highest BCUT2D eigenvalue weighted by Crippen LogP contribution is 2.31. The van der Waals surface area contributed by atoms with Crippen LogP contribution in [0.4, 0.5) is 0 Å². The lowest BCUT2D eigenvalue weighted by Crippen LogP contribution is -2.46. The number of H-pyrrole nitrogens is 1. The molecule has 4 N–H and O–H groups in total. The van der Waals surface area contributed by atoms with E-state index in [2.05, 4.69) is 15.5 Å². The summed E-state index contributed by atoms with van der Waals surface area (Å²) >= 11 is 0. The number of nitrogens with zero attached hydrogens (tertiary/aromatic N) is 1. The topological polar surface area (TPSA) is 115 Å². The number of amides is 1. The molecule has 0 radical (unpaired) electrons. The highest BCUT2D eigenvalue weighted by molar-refractivity contribution is 5.92. The summed E-state index contributed by atoms with van der Waals surface area (Å²) in [6, 6.07) is 1.71. The van der Waals surface area contributed by atoms with Crippen molar-refractivity contribution < 1.29 is 19.8 Å². The van der Waals surface area contributed by atoms with Crippen LogP contribution in [0.1, 0.15) is 61.1 Å². The fourth-order valence-electron chi connectivity index (χ4n) is 2.49. The van der Waals surface area contributed by atoms with Crippen LogP contribution >= 0.6 is 0 Å². The zero-order chi connectivity index (χ0) is 15.5. The molecule has 1 aliphatic carbocycles. The Morgan fingerprint density at radius 3 is 2.71 bits per heavy atom. The normalized spacial score (nSPS) is 19.0. The van der Waals surface area contributed by atoms with Crippen molar-refractivity contribution in [1.82, 2.24) is 15.5 Å². The van der Waals surface area contributed by atoms with Gasteiger partial charge in [0.15, 0.2) is 5.60 Å². The van der Waals surface area contributed by atoms with E-state index >= 15 is 0 Å². The van der Waals surface area contributed by atoms with Gasteiger partial charge >= 0.3 is 5.97 Å². The summed E-state index contributed by atoms with van der Waals surface area (Å²) in [5.74, 6) is -1.46. The van der Waals surface area contributed by atoms with Crippen LogP contribution in [0.15, 0.2) is 6.07 Å². The zero-order valence-electron chi connectivity index (χ0n) is 12.1. The van der Waals surface area contributed by atoms with Gasteiger partial charge in [-0.3, -0.25) is 9.89 Å². The smallest absolute Gasteiger partial charge is 0.337 e. The van der Waals surface area contributed by atoms with Crippen LogP contribution in [-0.2, 0) is 4.79 Å². The lowest BCUT2D eigenvalue weighted by atomic mass is 9.87. The summed E-state index contributed by atoms with van der Waals surface area (Å²) in [5, 5.41) is 27.6. The molecule has 1 aliphatic rings. The van der Waals surface area contributed by atoms with Gasteiger partial charge in [0, 0.05) is 11.6 Å². The van der Waals surface area contributed by atoms with E-state index in [9.17, 15) is 14.7 Å². The molecule has 1 saturated carbocycles. The maximum Gasteiger partial charge on any atom is 0.337 e. The van der Waals surface area contributed by atoms with Gasteiger partial charge in [-0.25, -0.2) is 4.79 Å². The maximum absolute atomic E-state index is 11.9. The van der Waals surface area contributed by atoms with Gasteiger partial charge in [-0.15, -0.1) is 0 Å². The molecule has 7 nitrogen and oxygen atoms in total. The minimum atomic E-state index is -1.99. The standard InChI is InChI=1S/C14H21N3O4/c1-14(21,13(19)20)8-15-12(18)11-7-10(16-17-11)9-5-3-2-4-6-9/h7,9,21H,2-6,8H2,1H3,(H,15,18)(H,16,17)(H,19,20). The van der Waals surface area contributed by atoms with E-state index in [4.69, 9.17) is 5.11 Å². The number of aliphatic hydroxyl groups is 1. The molecule has 0 aromatic carbocycles. The predicted molar refractivity (Wildman–Crippen MR) is 75.0 cm³/mol. The zero-order valence-corrected chi connectivity index (χ0v) is 12.1. The second-order valence-corrected chi connectivity index (χ2v) is 5.81. The van der Waals surface area contributed by atoms with Crippen molar-refractivity contribution in [1.29, 1.82) is 0 Å². The monoisotopic (exact) mass is 295 g/mol. The number of carboxylic acid groups (broad SMARTS) is 1. The molecule has 116 valence electrons. The third-order valence-corrected chi connectivity index (χ3v) is 3.93. The Kier molecular flexibility index (Phi) is 4.62. The molecule has 7 heteroatoms. The molecule has 0 bridgehead atoms. The van der Waals surface area contributed by atoms with Gasteiger partial charge in [-0.05, 0) is 25.8 Å². The van der Waals surface area contributed by atoms with Gasteiger partial charge in [0.2, 0.25) is 0 Å². The summed E-state index contributed by atoms with van der Waals surface area (Å²) < 4.78 is 0. The van der Waals surface area contributed by atoms with Crippen molar-refractivity contribution in [2.24, 2.45) is 0 Å². The number of aromatic nitrogens is 2. The second-order valence-electron chi connectivity index (χ2n) is 5.81. The van der Waals surface area contributed by atoms with Crippen LogP contribution in [0, 0.1) is 0 Å². The third kappa shape index (κ3) is 3.81. The molecular weight excluding hydrogens is 274 g/mol. The molecule has 1 atom stereocenters. The Balaban J connectivity index is 1.94. The van der Waals surface area contributed by atoms with E-state index in [-0.39, 0.29) is 12.2 Å². The molecule has 0 aliphatic heterocycles. The summed E-state index contributed by atoms with van der Waals surface area (Å²) in [6.07, 6.45) is 5.82. The number of hydrogen-bond donors (Lipinski definition) is 4. The van der Waals surface area contributed by atoms with Crippen molar-refractivity contribution in [3.05, 3.63) is 17.5 Å². The van der Waals surface area contributed by atoms with Crippen LogP contribution in [0.3, 0.4) is 0 Å². The van der Waals surface area contributed by atoms with Gasteiger partial charge in [0.05, 0.1) is 6.54 Å². The number of carboxylic acids is 1. The first-order valence-electron chi connectivity index (χ1n) is 7.19. The molecule has 2 rings (SSSR count). The maximum atomic E-state index is 11.9. The molecule has 0 spiro atoms. The molecule has 1 fully saturated rings. The number of aromatic amines is 1. The molecule has 1 amide bonds. The summed E-state index contributed by atoms with van der Waals surface area (Å²) in [6.45, 7) is 0.764. The van der Waals surface area contributed by atoms with Crippen molar-refractivity contribution in [3.8, 4) is 0 Å². The Hall–Kier alpha value is -1.89. The van der Waals surface area contributed by atoms with E-state index in [0.29, 0.717) is 5.92 Å². The molecule has 0 saturated heterocycles. The molecule has 21 heavy (non-hydrogen) atoms. The largest absolute Gasteiger partial charge is 0.479 e. The quantitative estimate of drug-likeness (QED) is 0.647. The van der Waals surface area contributed by atoms with Crippen LogP contribution in [0.5, 0.6) is 0 Å². The predicted octanol–water partition coefficient (Wildman–Crippen LogP) is 1.02. The number of rotatable bonds is 5. The van der Waals surface area contributed by atoms with Crippen LogP contribution in [-0.4, -0.2) is 44.4 Å². The number of hydrogen-bond acceptors (Lipinski definition) is 4. The van der Waals surface area contributed by atoms with Gasteiger partial charge < -0.3 is 15.5 Å². The Morgan fingerprint density at radius 1 is 1.43 bits per heavy atom. The van der Waals surface area contributed by atoms with Crippen molar-refractivity contribution in [3.63, 3.8) is 0 Å². The first kappa shape index (κ1) is 15.5. The van der Waals surface area contributed by atoms with Crippen molar-refractivity contribution >= 4 is 11.9 Å². The lowest BCUT2D eigenvalue weighted by molar-refractivity contribution is -0.155. The molecule has 1 aromatic rings. The van der Waals surface area contributed by atoms with Gasteiger partial charge in [0.25, 0.3) is 5.91 Å². The van der Waals surface area contributed by atoms with Crippen molar-refractivity contribution in [2.75, 3.05) is 6.54 Å². The number of aliphatic carboxylic acids is 1. The summed E-state index contributed by atoms with van der Waals surface area (Å²) in [4.78, 5) is 22.7. The molecule has 1 aromatic heterocycles. The Morgan fingerprint density at radius 2 is 2.10 bits per heavy atom. The highest BCUT2D eigenvalue weighted by Gasteiger charge is 2.30. The Labute approximate surface area is 122 Å². The molecule has 1 unspecified atom stereocenters. The van der Waals surface area contributed by atoms with Gasteiger partial charge in [0.1, 0.15) is 5.69 Å². The van der Waals surface area contributed by atoms with Gasteiger partial charge in [-0.2, -0.15) is 5.10 Å². The van der Waals surface area contributed by atoms with E-state index in [1.165, 1.54) is 19.3 Å². The fraction of sp³-hybridized carbons (Fsp3) is 0.643. The minimum absolute atomic E-state index is 0.219. The first-order chi connectivity index (χ1) is 9.90. The lowest BCUT2D eigenvalue weighted by Gasteiger charge is -2.19. The second kappa shape index (κ2) is 6.26. The number of carbonyl (C=O) groups is 2. The van der Waals surface area contributed by atoms with E-state index < -0.39 is 17.5 Å².